The van der Waals surface area contributed by atoms with Crippen LogP contribution >= 0.6 is 11.8 Å². The highest BCUT2D eigenvalue weighted by molar-refractivity contribution is 7.99. The number of carboxylic acids is 1. The number of nitrogens with two attached hydrogens (primary N) is 1. The maximum Gasteiger partial charge on any atom is 0.306 e. The van der Waals surface area contributed by atoms with Crippen LogP contribution in [0.4, 0.5) is 0 Å². The zero-order valence-corrected chi connectivity index (χ0v) is 11.2. The monoisotopic (exact) mass is 261 g/mol. The maximum absolute atomic E-state index is 10.8. The van der Waals surface area contributed by atoms with Crippen molar-refractivity contribution in [2.45, 2.75) is 49.9 Å². The number of aliphatic carboxylic acids is 1. The predicted octanol–water partition coefficient (Wildman–Crippen LogP) is 1.46. The third-order valence-corrected chi connectivity index (χ3v) is 4.98. The van der Waals surface area contributed by atoms with Gasteiger partial charge < -0.3 is 15.9 Å². The van der Waals surface area contributed by atoms with Gasteiger partial charge in [-0.1, -0.05) is 6.92 Å². The van der Waals surface area contributed by atoms with Crippen molar-refractivity contribution in [1.29, 1.82) is 0 Å². The maximum atomic E-state index is 10.8. The Kier molecular flexibility index (Phi) is 5.76. The van der Waals surface area contributed by atoms with Crippen molar-refractivity contribution in [3.63, 3.8) is 0 Å². The zero-order valence-electron chi connectivity index (χ0n) is 10.4. The minimum Gasteiger partial charge on any atom is -0.481 e. The minimum atomic E-state index is -0.726. The van der Waals surface area contributed by atoms with Gasteiger partial charge in [0.1, 0.15) is 0 Å². The molecule has 5 heteroatoms. The third kappa shape index (κ3) is 4.85. The summed E-state index contributed by atoms with van der Waals surface area (Å²) in [5.74, 6) is -0.293. The van der Waals surface area contributed by atoms with Crippen LogP contribution in [0.3, 0.4) is 0 Å². The predicted molar refractivity (Wildman–Crippen MR) is 70.1 cm³/mol. The van der Waals surface area contributed by atoms with E-state index < -0.39 is 11.6 Å². The van der Waals surface area contributed by atoms with Gasteiger partial charge in [-0.25, -0.2) is 0 Å². The lowest BCUT2D eigenvalue weighted by Crippen LogP contribution is -2.38. The van der Waals surface area contributed by atoms with Crippen LogP contribution in [0.2, 0.25) is 0 Å². The van der Waals surface area contributed by atoms with Gasteiger partial charge in [0, 0.05) is 11.0 Å². The van der Waals surface area contributed by atoms with Crippen molar-refractivity contribution in [2.24, 2.45) is 11.7 Å². The molecule has 0 aromatic rings. The van der Waals surface area contributed by atoms with Crippen LogP contribution in [0.25, 0.3) is 0 Å². The van der Waals surface area contributed by atoms with Crippen molar-refractivity contribution < 1.29 is 15.0 Å². The molecule has 4 nitrogen and oxygen atoms in total. The molecule has 0 spiro atoms. The Morgan fingerprint density at radius 2 is 2.12 bits per heavy atom. The number of hydrogen-bond donors (Lipinski definition) is 3. The van der Waals surface area contributed by atoms with Crippen LogP contribution in [-0.4, -0.2) is 39.3 Å². The van der Waals surface area contributed by atoms with E-state index in [2.05, 4.69) is 6.92 Å². The lowest BCUT2D eigenvalue weighted by Gasteiger charge is -2.35. The summed E-state index contributed by atoms with van der Waals surface area (Å²) in [6, 6.07) is 0. The van der Waals surface area contributed by atoms with Crippen molar-refractivity contribution in [3.8, 4) is 0 Å². The Morgan fingerprint density at radius 3 is 2.59 bits per heavy atom. The molecule has 17 heavy (non-hydrogen) atoms. The smallest absolute Gasteiger partial charge is 0.306 e. The lowest BCUT2D eigenvalue weighted by molar-refractivity contribution is -0.144. The van der Waals surface area contributed by atoms with Gasteiger partial charge in [0.05, 0.1) is 11.5 Å². The standard InChI is InChI=1S/C12H23NO3S/c1-9(4-7-13)17-8-12(16)5-2-10(3-6-12)11(14)15/h9-10,16H,2-8,13H2,1H3,(H,14,15). The van der Waals surface area contributed by atoms with Gasteiger partial charge in [-0.3, -0.25) is 4.79 Å². The molecule has 1 saturated carbocycles. The van der Waals surface area contributed by atoms with Crippen molar-refractivity contribution in [3.05, 3.63) is 0 Å². The number of carboxylic acid groups (broad SMARTS) is 1. The Balaban J connectivity index is 2.31. The summed E-state index contributed by atoms with van der Waals surface area (Å²) in [5, 5.41) is 19.7. The topological polar surface area (TPSA) is 83.5 Å². The molecule has 1 rings (SSSR count). The fraction of sp³-hybridized carbons (Fsp3) is 0.917. The summed E-state index contributed by atoms with van der Waals surface area (Å²) < 4.78 is 0. The number of rotatable bonds is 6. The molecule has 0 aromatic heterocycles. The normalized spacial score (nSPS) is 31.1. The molecule has 0 aromatic carbocycles. The molecule has 4 N–H and O–H groups in total. The summed E-state index contributed by atoms with van der Waals surface area (Å²) in [6.45, 7) is 2.79. The van der Waals surface area contributed by atoms with E-state index in [1.165, 1.54) is 0 Å². The molecular formula is C12H23NO3S. The Morgan fingerprint density at radius 1 is 1.53 bits per heavy atom. The van der Waals surface area contributed by atoms with E-state index in [0.717, 1.165) is 6.42 Å². The summed E-state index contributed by atoms with van der Waals surface area (Å²) in [7, 11) is 0. The van der Waals surface area contributed by atoms with Gasteiger partial charge in [0.15, 0.2) is 0 Å². The second kappa shape index (κ2) is 6.61. The second-order valence-electron chi connectivity index (χ2n) is 5.04. The third-order valence-electron chi connectivity index (χ3n) is 3.48. The molecule has 1 unspecified atom stereocenters. The van der Waals surface area contributed by atoms with Crippen molar-refractivity contribution in [1.82, 2.24) is 0 Å². The van der Waals surface area contributed by atoms with Gasteiger partial charge in [0.2, 0.25) is 0 Å². The van der Waals surface area contributed by atoms with E-state index in [-0.39, 0.29) is 5.92 Å². The first-order chi connectivity index (χ1) is 7.97. The average molecular weight is 261 g/mol. The highest BCUT2D eigenvalue weighted by Gasteiger charge is 2.35. The highest BCUT2D eigenvalue weighted by Crippen LogP contribution is 2.35. The van der Waals surface area contributed by atoms with Crippen LogP contribution in [-0.2, 0) is 4.79 Å². The molecule has 0 amide bonds. The summed E-state index contributed by atoms with van der Waals surface area (Å²) in [5.41, 5.74) is 4.81. The van der Waals surface area contributed by atoms with Gasteiger partial charge in [-0.15, -0.1) is 0 Å². The van der Waals surface area contributed by atoms with E-state index in [1.807, 2.05) is 0 Å². The fourth-order valence-electron chi connectivity index (χ4n) is 2.16. The first-order valence-corrected chi connectivity index (χ1v) is 7.28. The molecule has 0 heterocycles. The molecule has 0 bridgehead atoms. The van der Waals surface area contributed by atoms with Gasteiger partial charge in [0.25, 0.3) is 0 Å². The average Bonchev–Trinajstić information content (AvgIpc) is 2.28. The van der Waals surface area contributed by atoms with Crippen molar-refractivity contribution >= 4 is 17.7 Å². The number of hydrogen-bond acceptors (Lipinski definition) is 4. The number of aliphatic hydroxyl groups is 1. The molecular weight excluding hydrogens is 238 g/mol. The SMILES string of the molecule is CC(CCN)SCC1(O)CCC(C(=O)O)CC1. The number of carbonyl (C=O) groups is 1. The molecule has 100 valence electrons. The molecule has 0 saturated heterocycles. The summed E-state index contributed by atoms with van der Waals surface area (Å²) in [4.78, 5) is 10.8. The van der Waals surface area contributed by atoms with E-state index in [4.69, 9.17) is 10.8 Å². The molecule has 1 aliphatic rings. The molecule has 1 aliphatic carbocycles. The van der Waals surface area contributed by atoms with Crippen molar-refractivity contribution in [2.75, 3.05) is 12.3 Å². The lowest BCUT2D eigenvalue weighted by atomic mass is 9.80. The second-order valence-corrected chi connectivity index (χ2v) is 6.46. The van der Waals surface area contributed by atoms with E-state index in [9.17, 15) is 9.90 Å². The summed E-state index contributed by atoms with van der Waals surface area (Å²) in [6.07, 6.45) is 3.35. The first-order valence-electron chi connectivity index (χ1n) is 6.24. The Hall–Kier alpha value is -0.260. The quantitative estimate of drug-likeness (QED) is 0.674. The van der Waals surface area contributed by atoms with Gasteiger partial charge in [-0.2, -0.15) is 11.8 Å². The van der Waals surface area contributed by atoms with Gasteiger partial charge in [-0.05, 0) is 38.6 Å². The Bertz CT molecular complexity index is 252. The van der Waals surface area contributed by atoms with Gasteiger partial charge >= 0.3 is 5.97 Å². The van der Waals surface area contributed by atoms with Crippen LogP contribution in [0.1, 0.15) is 39.0 Å². The van der Waals surface area contributed by atoms with Crippen LogP contribution in [0.15, 0.2) is 0 Å². The first kappa shape index (κ1) is 14.8. The molecule has 1 fully saturated rings. The van der Waals surface area contributed by atoms with E-state index >= 15 is 0 Å². The van der Waals surface area contributed by atoms with Crippen LogP contribution in [0.5, 0.6) is 0 Å². The molecule has 0 radical (unpaired) electrons. The minimum absolute atomic E-state index is 0.262. The number of thioether (sulfide) groups is 1. The van der Waals surface area contributed by atoms with Crippen LogP contribution < -0.4 is 5.73 Å². The summed E-state index contributed by atoms with van der Waals surface area (Å²) >= 11 is 1.74. The Labute approximate surface area is 107 Å². The van der Waals surface area contributed by atoms with Crippen LogP contribution in [0, 0.1) is 5.92 Å². The zero-order chi connectivity index (χ0) is 12.9. The fourth-order valence-corrected chi connectivity index (χ4v) is 3.35. The van der Waals surface area contributed by atoms with E-state index in [0.29, 0.717) is 43.2 Å². The largest absolute Gasteiger partial charge is 0.481 e. The molecule has 0 aliphatic heterocycles. The molecule has 1 atom stereocenters. The van der Waals surface area contributed by atoms with E-state index in [1.54, 1.807) is 11.8 Å². The highest BCUT2D eigenvalue weighted by atomic mass is 32.2.